The van der Waals surface area contributed by atoms with E-state index in [2.05, 4.69) is 0 Å². The molecule has 0 saturated carbocycles. The lowest BCUT2D eigenvalue weighted by molar-refractivity contribution is 0.0971. The largest absolute Gasteiger partial charge is 0.308 e. The molecule has 0 radical (unpaired) electrons. The van der Waals surface area contributed by atoms with Crippen molar-refractivity contribution in [2.24, 2.45) is 0 Å². The van der Waals surface area contributed by atoms with Crippen LogP contribution in [0.2, 0.25) is 0 Å². The van der Waals surface area contributed by atoms with Crippen LogP contribution in [0.1, 0.15) is 15.9 Å². The predicted octanol–water partition coefficient (Wildman–Crippen LogP) is 2.18. The van der Waals surface area contributed by atoms with Gasteiger partial charge < -0.3 is 4.57 Å². The third kappa shape index (κ3) is 2.71. The lowest BCUT2D eigenvalue weighted by Gasteiger charge is -2.05. The van der Waals surface area contributed by atoms with Crippen molar-refractivity contribution in [3.63, 3.8) is 0 Å². The van der Waals surface area contributed by atoms with E-state index in [4.69, 9.17) is 0 Å². The number of hydrogen-bond donors (Lipinski definition) is 0. The predicted molar refractivity (Wildman–Crippen MR) is 66.2 cm³/mol. The highest BCUT2D eigenvalue weighted by Crippen LogP contribution is 2.04. The summed E-state index contributed by atoms with van der Waals surface area (Å²) in [4.78, 5) is 23.5. The monoisotopic (exact) mass is 245 g/mol. The molecule has 2 rings (SSSR count). The summed E-state index contributed by atoms with van der Waals surface area (Å²) in [7, 11) is 0. The van der Waals surface area contributed by atoms with Gasteiger partial charge in [0.25, 0.3) is 5.56 Å². The van der Waals surface area contributed by atoms with Crippen LogP contribution in [-0.4, -0.2) is 10.4 Å². The summed E-state index contributed by atoms with van der Waals surface area (Å²) in [6.45, 7) is 1.78. The third-order valence-electron chi connectivity index (χ3n) is 2.63. The van der Waals surface area contributed by atoms with E-state index in [1.807, 2.05) is 6.92 Å². The highest BCUT2D eigenvalue weighted by atomic mass is 19.1. The van der Waals surface area contributed by atoms with Crippen molar-refractivity contribution in [2.45, 2.75) is 13.5 Å². The summed E-state index contributed by atoms with van der Waals surface area (Å²) in [5, 5.41) is 0. The first-order valence-electron chi connectivity index (χ1n) is 5.52. The molecular weight excluding hydrogens is 233 g/mol. The van der Waals surface area contributed by atoms with Crippen LogP contribution in [0.4, 0.5) is 4.39 Å². The molecule has 92 valence electrons. The maximum absolute atomic E-state index is 12.7. The van der Waals surface area contributed by atoms with Crippen LogP contribution in [0.25, 0.3) is 0 Å². The normalized spacial score (nSPS) is 10.3. The molecule has 1 aromatic heterocycles. The van der Waals surface area contributed by atoms with Crippen LogP contribution in [0.15, 0.2) is 47.4 Å². The van der Waals surface area contributed by atoms with E-state index in [9.17, 15) is 14.0 Å². The van der Waals surface area contributed by atoms with Crippen molar-refractivity contribution < 1.29 is 9.18 Å². The molecule has 0 aliphatic heterocycles. The fraction of sp³-hybridized carbons (Fsp3) is 0.143. The molecule has 18 heavy (non-hydrogen) atoms. The summed E-state index contributed by atoms with van der Waals surface area (Å²) < 4.78 is 14.1. The average Bonchev–Trinajstić information content (AvgIpc) is 2.33. The van der Waals surface area contributed by atoms with Gasteiger partial charge in [-0.1, -0.05) is 0 Å². The average molecular weight is 245 g/mol. The Morgan fingerprint density at radius 1 is 1.22 bits per heavy atom. The minimum absolute atomic E-state index is 0.0370. The number of carbonyl (C=O) groups excluding carboxylic acids is 1. The van der Waals surface area contributed by atoms with Gasteiger partial charge in [-0.05, 0) is 42.8 Å². The molecule has 0 spiro atoms. The van der Waals surface area contributed by atoms with Crippen LogP contribution in [0.5, 0.6) is 0 Å². The van der Waals surface area contributed by atoms with E-state index < -0.39 is 0 Å². The van der Waals surface area contributed by atoms with E-state index >= 15 is 0 Å². The maximum atomic E-state index is 12.7. The van der Waals surface area contributed by atoms with Gasteiger partial charge in [-0.25, -0.2) is 4.39 Å². The van der Waals surface area contributed by atoms with Gasteiger partial charge >= 0.3 is 0 Å². The summed E-state index contributed by atoms with van der Waals surface area (Å²) in [6, 6.07) is 8.52. The number of rotatable bonds is 3. The number of nitrogens with zero attached hydrogens (tertiary/aromatic N) is 1. The van der Waals surface area contributed by atoms with Gasteiger partial charge in [-0.3, -0.25) is 9.59 Å². The van der Waals surface area contributed by atoms with Crippen LogP contribution in [0, 0.1) is 12.7 Å². The van der Waals surface area contributed by atoms with Gasteiger partial charge in [0.05, 0.1) is 6.54 Å². The molecule has 2 aromatic rings. The van der Waals surface area contributed by atoms with Gasteiger partial charge in [0.1, 0.15) is 5.82 Å². The standard InChI is InChI=1S/C14H12FNO2/c1-10-6-7-16(14(18)8-10)9-13(17)11-2-4-12(15)5-3-11/h2-8H,9H2,1H3. The molecule has 4 heteroatoms. The van der Waals surface area contributed by atoms with E-state index in [1.165, 1.54) is 34.9 Å². The number of aryl methyl sites for hydroxylation is 1. The summed E-state index contributed by atoms with van der Waals surface area (Å²) in [5.41, 5.74) is 1.03. The lowest BCUT2D eigenvalue weighted by Crippen LogP contribution is -2.23. The van der Waals surface area contributed by atoms with Gasteiger partial charge in [0.2, 0.25) is 0 Å². The highest BCUT2D eigenvalue weighted by Gasteiger charge is 2.07. The Hall–Kier alpha value is -2.23. The first-order valence-corrected chi connectivity index (χ1v) is 5.52. The summed E-state index contributed by atoms with van der Waals surface area (Å²) in [6.07, 6.45) is 1.58. The summed E-state index contributed by atoms with van der Waals surface area (Å²) >= 11 is 0. The fourth-order valence-corrected chi connectivity index (χ4v) is 1.62. The van der Waals surface area contributed by atoms with E-state index in [0.717, 1.165) is 5.56 Å². The number of Topliss-reactive ketones (excluding diaryl/α,β-unsaturated/α-hetero) is 1. The van der Waals surface area contributed by atoms with Crippen LogP contribution < -0.4 is 5.56 Å². The van der Waals surface area contributed by atoms with Gasteiger partial charge in [0, 0.05) is 17.8 Å². The minimum atomic E-state index is -0.390. The fourth-order valence-electron chi connectivity index (χ4n) is 1.62. The maximum Gasteiger partial charge on any atom is 0.251 e. The first kappa shape index (κ1) is 12.2. The quantitative estimate of drug-likeness (QED) is 0.777. The zero-order chi connectivity index (χ0) is 13.1. The van der Waals surface area contributed by atoms with Crippen LogP contribution >= 0.6 is 0 Å². The smallest absolute Gasteiger partial charge is 0.251 e. The van der Waals surface area contributed by atoms with Crippen LogP contribution in [-0.2, 0) is 6.54 Å². The molecule has 0 unspecified atom stereocenters. The number of benzene rings is 1. The molecule has 0 bridgehead atoms. The van der Waals surface area contributed by atoms with Gasteiger partial charge in [-0.2, -0.15) is 0 Å². The second-order valence-electron chi connectivity index (χ2n) is 4.10. The topological polar surface area (TPSA) is 39.1 Å². The molecule has 0 saturated heterocycles. The van der Waals surface area contributed by atoms with Crippen molar-refractivity contribution in [1.29, 1.82) is 0 Å². The Kier molecular flexibility index (Phi) is 3.37. The molecule has 0 amide bonds. The highest BCUT2D eigenvalue weighted by molar-refractivity contribution is 5.95. The summed E-state index contributed by atoms with van der Waals surface area (Å²) in [5.74, 6) is -0.611. The number of halogens is 1. The number of carbonyl (C=O) groups is 1. The van der Waals surface area contributed by atoms with Crippen molar-refractivity contribution in [3.8, 4) is 0 Å². The second kappa shape index (κ2) is 4.96. The molecule has 0 fully saturated rings. The molecular formula is C14H12FNO2. The number of pyridine rings is 1. The Morgan fingerprint density at radius 3 is 2.50 bits per heavy atom. The molecule has 0 N–H and O–H groups in total. The lowest BCUT2D eigenvalue weighted by atomic mass is 10.1. The zero-order valence-corrected chi connectivity index (χ0v) is 9.89. The number of hydrogen-bond acceptors (Lipinski definition) is 2. The third-order valence-corrected chi connectivity index (χ3v) is 2.63. The molecule has 0 atom stereocenters. The second-order valence-corrected chi connectivity index (χ2v) is 4.10. The van der Waals surface area contributed by atoms with Crippen molar-refractivity contribution >= 4 is 5.78 Å². The minimum Gasteiger partial charge on any atom is -0.308 e. The Bertz CT molecular complexity index is 629. The van der Waals surface area contributed by atoms with E-state index in [1.54, 1.807) is 12.3 Å². The van der Waals surface area contributed by atoms with Gasteiger partial charge in [-0.15, -0.1) is 0 Å². The zero-order valence-electron chi connectivity index (χ0n) is 9.89. The van der Waals surface area contributed by atoms with Crippen molar-refractivity contribution in [1.82, 2.24) is 4.57 Å². The van der Waals surface area contributed by atoms with Crippen molar-refractivity contribution in [2.75, 3.05) is 0 Å². The Balaban J connectivity index is 2.21. The van der Waals surface area contributed by atoms with Gasteiger partial charge in [0.15, 0.2) is 5.78 Å². The van der Waals surface area contributed by atoms with E-state index in [0.29, 0.717) is 5.56 Å². The first-order chi connectivity index (χ1) is 8.56. The SMILES string of the molecule is Cc1ccn(CC(=O)c2ccc(F)cc2)c(=O)c1. The van der Waals surface area contributed by atoms with E-state index in [-0.39, 0.29) is 23.7 Å². The Labute approximate surface area is 104 Å². The number of aromatic nitrogens is 1. The van der Waals surface area contributed by atoms with Crippen LogP contribution in [0.3, 0.4) is 0 Å². The number of ketones is 1. The molecule has 3 nitrogen and oxygen atoms in total. The Morgan fingerprint density at radius 2 is 1.89 bits per heavy atom. The molecule has 0 aliphatic rings. The molecule has 1 aromatic carbocycles. The van der Waals surface area contributed by atoms with Crippen molar-refractivity contribution in [3.05, 3.63) is 69.9 Å². The molecule has 1 heterocycles. The molecule has 0 aliphatic carbocycles.